The molecule has 2 atom stereocenters. The van der Waals surface area contributed by atoms with Crippen molar-refractivity contribution in [3.8, 4) is 0 Å². The van der Waals surface area contributed by atoms with Gasteiger partial charge in [0, 0.05) is 13.7 Å². The standard InChI is InChI=1S/C13H18N2O.H2/c1-10-5-4-6-11(9-10)15-13(16)12-7-2-3-8-14-12;/h2-3,7-8,10-11H,4-6,9H2,1H3,(H,15,16);1H. The third-order valence-corrected chi connectivity index (χ3v) is 3.17. The van der Waals surface area contributed by atoms with E-state index in [0.29, 0.717) is 11.7 Å². The first-order valence-corrected chi connectivity index (χ1v) is 5.97. The van der Waals surface area contributed by atoms with Crippen LogP contribution in [0.4, 0.5) is 0 Å². The summed E-state index contributed by atoms with van der Waals surface area (Å²) in [7, 11) is 0. The molecule has 3 nitrogen and oxygen atoms in total. The van der Waals surface area contributed by atoms with Crippen molar-refractivity contribution in [3.05, 3.63) is 30.1 Å². The topological polar surface area (TPSA) is 42.0 Å². The Morgan fingerprint density at radius 3 is 3.06 bits per heavy atom. The predicted molar refractivity (Wildman–Crippen MR) is 65.2 cm³/mol. The highest BCUT2D eigenvalue weighted by atomic mass is 16.1. The number of aromatic nitrogens is 1. The van der Waals surface area contributed by atoms with Gasteiger partial charge in [-0.2, -0.15) is 0 Å². The Kier molecular flexibility index (Phi) is 3.54. The molecular weight excluding hydrogens is 200 g/mol. The molecule has 1 amide bonds. The van der Waals surface area contributed by atoms with Crippen LogP contribution in [0.5, 0.6) is 0 Å². The molecular formula is C13H20N2O. The van der Waals surface area contributed by atoms with Gasteiger partial charge in [0.1, 0.15) is 5.69 Å². The van der Waals surface area contributed by atoms with E-state index < -0.39 is 0 Å². The first-order valence-electron chi connectivity index (χ1n) is 5.97. The molecule has 1 saturated carbocycles. The predicted octanol–water partition coefficient (Wildman–Crippen LogP) is 2.64. The Balaban J connectivity index is 0.00000144. The minimum absolute atomic E-state index is 0. The molecule has 2 rings (SSSR count). The molecule has 1 fully saturated rings. The van der Waals surface area contributed by atoms with Crippen molar-refractivity contribution in [1.29, 1.82) is 0 Å². The number of hydrogen-bond donors (Lipinski definition) is 1. The largest absolute Gasteiger partial charge is 0.348 e. The lowest BCUT2D eigenvalue weighted by Crippen LogP contribution is -2.38. The molecule has 3 heteroatoms. The molecule has 0 aliphatic heterocycles. The third kappa shape index (κ3) is 2.81. The molecule has 0 radical (unpaired) electrons. The minimum atomic E-state index is -0.0419. The fraction of sp³-hybridized carbons (Fsp3) is 0.538. The average Bonchev–Trinajstić information content (AvgIpc) is 2.30. The van der Waals surface area contributed by atoms with Gasteiger partial charge >= 0.3 is 0 Å². The van der Waals surface area contributed by atoms with E-state index in [2.05, 4.69) is 17.2 Å². The van der Waals surface area contributed by atoms with E-state index in [0.717, 1.165) is 18.8 Å². The summed E-state index contributed by atoms with van der Waals surface area (Å²) in [5.41, 5.74) is 0.515. The summed E-state index contributed by atoms with van der Waals surface area (Å²) >= 11 is 0. The maximum atomic E-state index is 11.8. The van der Waals surface area contributed by atoms with Crippen molar-refractivity contribution in [2.24, 2.45) is 5.92 Å². The Hall–Kier alpha value is -1.38. The molecule has 0 spiro atoms. The number of amides is 1. The van der Waals surface area contributed by atoms with Crippen LogP contribution in [0.25, 0.3) is 0 Å². The van der Waals surface area contributed by atoms with Crippen LogP contribution in [-0.2, 0) is 0 Å². The zero-order valence-corrected chi connectivity index (χ0v) is 9.65. The van der Waals surface area contributed by atoms with Crippen LogP contribution >= 0.6 is 0 Å². The van der Waals surface area contributed by atoms with E-state index in [1.807, 2.05) is 12.1 Å². The number of rotatable bonds is 2. The van der Waals surface area contributed by atoms with Crippen LogP contribution < -0.4 is 5.32 Å². The van der Waals surface area contributed by atoms with E-state index in [9.17, 15) is 4.79 Å². The van der Waals surface area contributed by atoms with Crippen LogP contribution in [0.15, 0.2) is 24.4 Å². The number of nitrogens with zero attached hydrogens (tertiary/aromatic N) is 1. The van der Waals surface area contributed by atoms with Crippen molar-refractivity contribution < 1.29 is 6.22 Å². The molecule has 0 bridgehead atoms. The average molecular weight is 220 g/mol. The van der Waals surface area contributed by atoms with Gasteiger partial charge < -0.3 is 5.32 Å². The molecule has 16 heavy (non-hydrogen) atoms. The number of pyridine rings is 1. The molecule has 88 valence electrons. The first-order chi connectivity index (χ1) is 7.75. The monoisotopic (exact) mass is 220 g/mol. The van der Waals surface area contributed by atoms with Gasteiger partial charge in [-0.25, -0.2) is 0 Å². The lowest BCUT2D eigenvalue weighted by molar-refractivity contribution is 0.0916. The lowest BCUT2D eigenvalue weighted by Gasteiger charge is -2.27. The first kappa shape index (κ1) is 11.1. The summed E-state index contributed by atoms with van der Waals surface area (Å²) in [4.78, 5) is 15.9. The highest BCUT2D eigenvalue weighted by molar-refractivity contribution is 5.92. The second-order valence-electron chi connectivity index (χ2n) is 4.66. The molecule has 1 heterocycles. The van der Waals surface area contributed by atoms with E-state index in [1.165, 1.54) is 12.8 Å². The van der Waals surface area contributed by atoms with Crippen molar-refractivity contribution in [3.63, 3.8) is 0 Å². The van der Waals surface area contributed by atoms with Gasteiger partial charge in [0.25, 0.3) is 5.91 Å². The van der Waals surface area contributed by atoms with Gasteiger partial charge in [-0.3, -0.25) is 9.78 Å². The Labute approximate surface area is 97.8 Å². The SMILES string of the molecule is CC1CCCC(NC(=O)c2ccccn2)C1.[HH]. The Morgan fingerprint density at radius 1 is 1.50 bits per heavy atom. The normalized spacial score (nSPS) is 25.1. The van der Waals surface area contributed by atoms with Gasteiger partial charge in [-0.05, 0) is 30.9 Å². The number of nitrogens with one attached hydrogen (secondary N) is 1. The second kappa shape index (κ2) is 5.10. The van der Waals surface area contributed by atoms with Gasteiger partial charge in [0.2, 0.25) is 0 Å². The molecule has 0 aromatic carbocycles. The molecule has 1 aromatic rings. The maximum Gasteiger partial charge on any atom is 0.270 e. The van der Waals surface area contributed by atoms with Gasteiger partial charge in [0.15, 0.2) is 0 Å². The van der Waals surface area contributed by atoms with Crippen LogP contribution in [0.3, 0.4) is 0 Å². The summed E-state index contributed by atoms with van der Waals surface area (Å²) in [6.07, 6.45) is 6.35. The highest BCUT2D eigenvalue weighted by Gasteiger charge is 2.20. The zero-order chi connectivity index (χ0) is 11.4. The molecule has 2 unspecified atom stereocenters. The number of hydrogen-bond acceptors (Lipinski definition) is 2. The Bertz CT molecular complexity index is 356. The van der Waals surface area contributed by atoms with Crippen molar-refractivity contribution in [2.75, 3.05) is 0 Å². The minimum Gasteiger partial charge on any atom is -0.348 e. The van der Waals surface area contributed by atoms with Gasteiger partial charge in [-0.1, -0.05) is 25.8 Å². The number of carbonyl (C=O) groups excluding carboxylic acids is 1. The van der Waals surface area contributed by atoms with Gasteiger partial charge in [-0.15, -0.1) is 0 Å². The van der Waals surface area contributed by atoms with Crippen LogP contribution in [-0.4, -0.2) is 16.9 Å². The summed E-state index contributed by atoms with van der Waals surface area (Å²) in [6.45, 7) is 2.25. The molecule has 1 aromatic heterocycles. The third-order valence-electron chi connectivity index (χ3n) is 3.17. The quantitative estimate of drug-likeness (QED) is 0.832. The molecule has 0 saturated heterocycles. The van der Waals surface area contributed by atoms with Crippen molar-refractivity contribution in [2.45, 2.75) is 38.6 Å². The Morgan fingerprint density at radius 2 is 2.38 bits per heavy atom. The van der Waals surface area contributed by atoms with Crippen molar-refractivity contribution >= 4 is 5.91 Å². The van der Waals surface area contributed by atoms with E-state index in [1.54, 1.807) is 12.3 Å². The van der Waals surface area contributed by atoms with Crippen LogP contribution in [0.1, 0.15) is 44.5 Å². The molecule has 1 N–H and O–H groups in total. The van der Waals surface area contributed by atoms with E-state index in [-0.39, 0.29) is 7.33 Å². The highest BCUT2D eigenvalue weighted by Crippen LogP contribution is 2.23. The fourth-order valence-corrected chi connectivity index (χ4v) is 2.32. The van der Waals surface area contributed by atoms with Crippen molar-refractivity contribution in [1.82, 2.24) is 10.3 Å². The molecule has 1 aliphatic rings. The van der Waals surface area contributed by atoms with Gasteiger partial charge in [0.05, 0.1) is 0 Å². The summed E-state index contributed by atoms with van der Waals surface area (Å²) < 4.78 is 0. The smallest absolute Gasteiger partial charge is 0.270 e. The summed E-state index contributed by atoms with van der Waals surface area (Å²) in [5.74, 6) is 0.683. The lowest BCUT2D eigenvalue weighted by atomic mass is 9.87. The number of carbonyl (C=O) groups is 1. The molecule has 1 aliphatic carbocycles. The fourth-order valence-electron chi connectivity index (χ4n) is 2.32. The summed E-state index contributed by atoms with van der Waals surface area (Å²) in [5, 5.41) is 3.06. The zero-order valence-electron chi connectivity index (χ0n) is 9.65. The van der Waals surface area contributed by atoms with Crippen LogP contribution in [0.2, 0.25) is 0 Å². The maximum absolute atomic E-state index is 11.8. The van der Waals surface area contributed by atoms with E-state index >= 15 is 0 Å². The van der Waals surface area contributed by atoms with Crippen LogP contribution in [0, 0.1) is 5.92 Å². The second-order valence-corrected chi connectivity index (χ2v) is 4.66. The van der Waals surface area contributed by atoms with E-state index in [4.69, 9.17) is 0 Å². The summed E-state index contributed by atoms with van der Waals surface area (Å²) in [6, 6.07) is 5.74.